The average molecular weight is 558 g/mol. The molecule has 0 heterocycles. The molecule has 0 spiro atoms. The van der Waals surface area contributed by atoms with Gasteiger partial charge in [0, 0.05) is 43.4 Å². The number of nitrogens with zero attached hydrogens (tertiary/aromatic N) is 2. The van der Waals surface area contributed by atoms with Gasteiger partial charge in [-0.15, -0.1) is 0 Å². The summed E-state index contributed by atoms with van der Waals surface area (Å²) in [6.07, 6.45) is 2.30. The first-order chi connectivity index (χ1) is 18.8. The van der Waals surface area contributed by atoms with Gasteiger partial charge in [-0.3, -0.25) is 19.3 Å². The largest absolute Gasteiger partial charge is 0.508 e. The molecule has 40 heavy (non-hydrogen) atoms. The Labute approximate surface area is 233 Å². The highest BCUT2D eigenvalue weighted by Crippen LogP contribution is 2.53. The third-order valence-electron chi connectivity index (χ3n) is 8.39. The highest BCUT2D eigenvalue weighted by Gasteiger charge is 2.63. The van der Waals surface area contributed by atoms with Crippen LogP contribution in [-0.2, 0) is 27.4 Å². The van der Waals surface area contributed by atoms with E-state index in [0.717, 1.165) is 25.1 Å². The zero-order valence-corrected chi connectivity index (χ0v) is 23.6. The molecular formula is C28H39N5O7. The first-order valence-electron chi connectivity index (χ1n) is 13.4. The minimum absolute atomic E-state index is 0.0300. The molecule has 4 rings (SSSR count). The molecule has 1 aromatic carbocycles. The number of carbonyl (C=O) groups excluding carboxylic acids is 3. The summed E-state index contributed by atoms with van der Waals surface area (Å²) in [4.78, 5) is 48.4. The summed E-state index contributed by atoms with van der Waals surface area (Å²) in [5.74, 6) is -0.424. The van der Waals surface area contributed by atoms with Crippen LogP contribution < -0.4 is 21.8 Å². The first kappa shape index (κ1) is 29.5. The lowest BCUT2D eigenvalue weighted by Gasteiger charge is -2.50. The number of nitrogens with one attached hydrogen (secondary N) is 1. The van der Waals surface area contributed by atoms with Gasteiger partial charge in [0.05, 0.1) is 11.6 Å². The highest BCUT2D eigenvalue weighted by molar-refractivity contribution is 6.25. The van der Waals surface area contributed by atoms with Crippen LogP contribution >= 0.6 is 0 Å². The van der Waals surface area contributed by atoms with E-state index < -0.39 is 52.3 Å². The van der Waals surface area contributed by atoms with Crippen molar-refractivity contribution in [3.05, 3.63) is 45.4 Å². The molecular weight excluding hydrogens is 518 g/mol. The van der Waals surface area contributed by atoms with E-state index in [9.17, 15) is 29.7 Å². The topological polar surface area (TPSA) is 192 Å². The Morgan fingerprint density at radius 2 is 1.90 bits per heavy atom. The molecule has 0 saturated heterocycles. The molecule has 0 aromatic heterocycles. The number of nitrogens with two attached hydrogens (primary N) is 2. The maximum absolute atomic E-state index is 14.1. The molecule has 0 aliphatic heterocycles. The minimum Gasteiger partial charge on any atom is -0.508 e. The van der Waals surface area contributed by atoms with Crippen molar-refractivity contribution in [3.8, 4) is 5.75 Å². The van der Waals surface area contributed by atoms with Crippen molar-refractivity contribution in [1.29, 1.82) is 0 Å². The van der Waals surface area contributed by atoms with Crippen LogP contribution in [0.1, 0.15) is 47.7 Å². The SMILES string of the molecule is CCCCNCc1cc(N(C)C)c2c(c1O)C(=O)C1=C(O)[C@]3(O)C(=O)C(C(N)=O)=C(ON)[C@H](N(C)C)[C@@H]3C[C@@H]1C2. The summed E-state index contributed by atoms with van der Waals surface area (Å²) in [7, 11) is 6.98. The van der Waals surface area contributed by atoms with E-state index in [1.165, 1.54) is 0 Å². The molecule has 1 amide bonds. The fourth-order valence-electron chi connectivity index (χ4n) is 6.51. The van der Waals surface area contributed by atoms with Crippen molar-refractivity contribution in [2.24, 2.45) is 23.5 Å². The summed E-state index contributed by atoms with van der Waals surface area (Å²) >= 11 is 0. The third kappa shape index (κ3) is 4.35. The normalized spacial score (nSPS) is 26.1. The van der Waals surface area contributed by atoms with Gasteiger partial charge >= 0.3 is 0 Å². The van der Waals surface area contributed by atoms with Crippen LogP contribution in [0.15, 0.2) is 28.7 Å². The van der Waals surface area contributed by atoms with Crippen LogP contribution in [0.2, 0.25) is 0 Å². The molecule has 218 valence electrons. The lowest BCUT2D eigenvalue weighted by Crippen LogP contribution is -2.64. The number of ketones is 2. The Morgan fingerprint density at radius 1 is 1.23 bits per heavy atom. The van der Waals surface area contributed by atoms with Gasteiger partial charge in [-0.2, -0.15) is 5.90 Å². The summed E-state index contributed by atoms with van der Waals surface area (Å²) in [5, 5.41) is 37.9. The number of aliphatic hydroxyl groups excluding tert-OH is 1. The monoisotopic (exact) mass is 557 g/mol. The van der Waals surface area contributed by atoms with Crippen molar-refractivity contribution < 1.29 is 34.5 Å². The summed E-state index contributed by atoms with van der Waals surface area (Å²) in [6.45, 7) is 3.13. The van der Waals surface area contributed by atoms with Crippen LogP contribution in [0.5, 0.6) is 5.75 Å². The molecule has 3 aliphatic carbocycles. The van der Waals surface area contributed by atoms with Gasteiger partial charge in [-0.25, -0.2) is 0 Å². The summed E-state index contributed by atoms with van der Waals surface area (Å²) in [5.41, 5.74) is 3.94. The number of fused-ring (bicyclic) bond motifs is 3. The van der Waals surface area contributed by atoms with Crippen molar-refractivity contribution in [3.63, 3.8) is 0 Å². The first-order valence-corrected chi connectivity index (χ1v) is 13.4. The standard InChI is InChI=1S/C28H39N5O7/c1-6-7-8-31-12-14-11-17(32(2)3)15-9-13-10-16-21(33(4)5)24(40-30)20(27(29)38)26(37)28(16,39)25(36)18(13)23(35)19(15)22(14)34/h11,13,16,21,31,34,36,39H,6-10,12,30H2,1-5H3,(H2,29,38)/t13-,16-,21+,28-/m0/s1. The molecule has 4 atom stereocenters. The van der Waals surface area contributed by atoms with Crippen LogP contribution in [-0.4, -0.2) is 84.1 Å². The zero-order chi connectivity index (χ0) is 29.7. The number of likely N-dealkylation sites (N-methyl/N-ethyl adjacent to an activating group) is 1. The van der Waals surface area contributed by atoms with Gasteiger partial charge in [-0.1, -0.05) is 13.3 Å². The Hall–Kier alpha value is -3.45. The van der Waals surface area contributed by atoms with E-state index in [2.05, 4.69) is 12.2 Å². The number of carbonyl (C=O) groups is 3. The average Bonchev–Trinajstić information content (AvgIpc) is 2.88. The summed E-state index contributed by atoms with van der Waals surface area (Å²) < 4.78 is 0. The number of phenolic OH excluding ortho intramolecular Hbond substituents is 1. The molecule has 0 radical (unpaired) electrons. The van der Waals surface area contributed by atoms with Crippen LogP contribution in [0.3, 0.4) is 0 Å². The number of aromatic hydroxyl groups is 1. The van der Waals surface area contributed by atoms with E-state index in [1.807, 2.05) is 25.1 Å². The van der Waals surface area contributed by atoms with Crippen molar-refractivity contribution in [1.82, 2.24) is 10.2 Å². The quantitative estimate of drug-likeness (QED) is 0.140. The second-order valence-electron chi connectivity index (χ2n) is 11.2. The smallest absolute Gasteiger partial charge is 0.256 e. The molecule has 0 saturated carbocycles. The van der Waals surface area contributed by atoms with Gasteiger partial charge in [-0.05, 0) is 57.5 Å². The minimum atomic E-state index is -2.63. The Bertz CT molecular complexity index is 1320. The van der Waals surface area contributed by atoms with Gasteiger partial charge in [0.2, 0.25) is 5.78 Å². The van der Waals surface area contributed by atoms with E-state index in [0.29, 0.717) is 17.7 Å². The van der Waals surface area contributed by atoms with Crippen LogP contribution in [0.25, 0.3) is 0 Å². The number of Topliss-reactive ketones (excluding diaryl/α,β-unsaturated/α-hetero) is 2. The lowest BCUT2D eigenvalue weighted by atomic mass is 9.58. The molecule has 3 aliphatic rings. The molecule has 0 fully saturated rings. The number of hydrogen-bond acceptors (Lipinski definition) is 11. The van der Waals surface area contributed by atoms with Gasteiger partial charge in [0.15, 0.2) is 17.1 Å². The Balaban J connectivity index is 1.91. The van der Waals surface area contributed by atoms with Crippen LogP contribution in [0.4, 0.5) is 5.69 Å². The number of allylic oxidation sites excluding steroid dienone is 1. The van der Waals surface area contributed by atoms with Gasteiger partial charge in [0.25, 0.3) is 5.91 Å². The summed E-state index contributed by atoms with van der Waals surface area (Å²) in [6, 6.07) is 0.942. The molecule has 12 nitrogen and oxygen atoms in total. The molecule has 0 bridgehead atoms. The zero-order valence-electron chi connectivity index (χ0n) is 23.6. The Morgan fingerprint density at radius 3 is 2.45 bits per heavy atom. The second-order valence-corrected chi connectivity index (χ2v) is 11.2. The second kappa shape index (κ2) is 10.8. The van der Waals surface area contributed by atoms with Crippen LogP contribution in [0, 0.1) is 11.8 Å². The number of benzene rings is 1. The van der Waals surface area contributed by atoms with Crippen molar-refractivity contribution >= 4 is 23.2 Å². The van der Waals surface area contributed by atoms with Crippen molar-refractivity contribution in [2.75, 3.05) is 39.6 Å². The van der Waals surface area contributed by atoms with Crippen molar-refractivity contribution in [2.45, 2.75) is 50.8 Å². The highest BCUT2D eigenvalue weighted by atomic mass is 16.6. The predicted molar refractivity (Wildman–Crippen MR) is 147 cm³/mol. The number of amides is 1. The fraction of sp³-hybridized carbons (Fsp3) is 0.536. The number of rotatable bonds is 9. The fourth-order valence-corrected chi connectivity index (χ4v) is 6.51. The molecule has 0 unspecified atom stereocenters. The Kier molecular flexibility index (Phi) is 8.01. The van der Waals surface area contributed by atoms with E-state index >= 15 is 0 Å². The number of unbranched alkanes of at least 4 members (excludes halogenated alkanes) is 1. The number of phenols is 1. The van der Waals surface area contributed by atoms with E-state index in [4.69, 9.17) is 16.5 Å². The van der Waals surface area contributed by atoms with Gasteiger partial charge in [0.1, 0.15) is 17.1 Å². The van der Waals surface area contributed by atoms with E-state index in [-0.39, 0.29) is 35.5 Å². The maximum Gasteiger partial charge on any atom is 0.256 e. The number of aliphatic hydroxyl groups is 2. The third-order valence-corrected chi connectivity index (χ3v) is 8.39. The maximum atomic E-state index is 14.1. The molecule has 1 aromatic rings. The van der Waals surface area contributed by atoms with E-state index in [1.54, 1.807) is 19.0 Å². The van der Waals surface area contributed by atoms with Gasteiger partial charge < -0.3 is 36.1 Å². The lowest BCUT2D eigenvalue weighted by molar-refractivity contribution is -0.149. The predicted octanol–water partition coefficient (Wildman–Crippen LogP) is 0.409. The molecule has 12 heteroatoms. The molecule has 8 N–H and O–H groups in total. The number of primary amides is 1. The number of anilines is 1. The number of hydrogen-bond donors (Lipinski definition) is 6.